The maximum Gasteiger partial charge on any atom is 0.225 e. The fourth-order valence-corrected chi connectivity index (χ4v) is 6.00. The second-order valence-electron chi connectivity index (χ2n) is 11.5. The first-order valence-electron chi connectivity index (χ1n) is 13.1. The first-order chi connectivity index (χ1) is 16.1. The van der Waals surface area contributed by atoms with E-state index in [9.17, 15) is 4.79 Å². The zero-order valence-corrected chi connectivity index (χ0v) is 21.7. The molecule has 1 fully saturated rings. The van der Waals surface area contributed by atoms with Gasteiger partial charge in [0.25, 0.3) is 0 Å². The van der Waals surface area contributed by atoms with Crippen molar-refractivity contribution in [3.8, 4) is 5.75 Å². The Morgan fingerprint density at radius 3 is 2.29 bits per heavy atom. The van der Waals surface area contributed by atoms with Crippen molar-refractivity contribution in [2.75, 3.05) is 11.4 Å². The Balaban J connectivity index is 1.56. The minimum atomic E-state index is -0.297. The van der Waals surface area contributed by atoms with Crippen LogP contribution in [0.15, 0.2) is 30.3 Å². The van der Waals surface area contributed by atoms with E-state index in [1.165, 1.54) is 48.9 Å². The summed E-state index contributed by atoms with van der Waals surface area (Å²) in [5.74, 6) is 0.491. The van der Waals surface area contributed by atoms with Crippen molar-refractivity contribution in [3.63, 3.8) is 0 Å². The third-order valence-electron chi connectivity index (χ3n) is 7.65. The molecule has 2 aromatic carbocycles. The van der Waals surface area contributed by atoms with Crippen molar-refractivity contribution in [1.82, 2.24) is 0 Å². The van der Waals surface area contributed by atoms with Crippen LogP contribution in [0, 0.1) is 19.3 Å². The van der Waals surface area contributed by atoms with Crippen LogP contribution in [-0.2, 0) is 17.8 Å². The van der Waals surface area contributed by atoms with Crippen LogP contribution in [-0.4, -0.2) is 18.6 Å². The van der Waals surface area contributed by atoms with E-state index in [0.717, 1.165) is 48.4 Å². The Morgan fingerprint density at radius 1 is 1.00 bits per heavy atom. The summed E-state index contributed by atoms with van der Waals surface area (Å²) in [6.07, 6.45) is 8.88. The van der Waals surface area contributed by atoms with Crippen LogP contribution in [0.5, 0.6) is 5.75 Å². The van der Waals surface area contributed by atoms with E-state index in [4.69, 9.17) is 10.5 Å². The van der Waals surface area contributed by atoms with Gasteiger partial charge in [-0.05, 0) is 110 Å². The van der Waals surface area contributed by atoms with Gasteiger partial charge in [-0.1, -0.05) is 33.3 Å². The monoisotopic (exact) mass is 462 g/mol. The summed E-state index contributed by atoms with van der Waals surface area (Å²) in [6, 6.07) is 11.2. The van der Waals surface area contributed by atoms with E-state index in [0.29, 0.717) is 6.10 Å². The molecule has 0 radical (unpaired) electrons. The molecule has 0 bridgehead atoms. The topological polar surface area (TPSA) is 55.6 Å². The quantitative estimate of drug-likeness (QED) is 0.546. The molecule has 4 nitrogen and oxygen atoms in total. The van der Waals surface area contributed by atoms with E-state index in [1.54, 1.807) is 0 Å². The molecular formula is C30H42N2O2. The summed E-state index contributed by atoms with van der Waals surface area (Å²) in [4.78, 5) is 14.9. The fraction of sp³-hybridized carbons (Fsp3) is 0.567. The summed E-state index contributed by atoms with van der Waals surface area (Å²) in [5.41, 5.74) is 13.1. The molecule has 4 rings (SSSR count). The molecule has 2 aliphatic rings. The number of primary amides is 1. The zero-order valence-electron chi connectivity index (χ0n) is 21.7. The van der Waals surface area contributed by atoms with Gasteiger partial charge in [-0.15, -0.1) is 0 Å². The zero-order chi connectivity index (χ0) is 24.5. The maximum atomic E-state index is 12.4. The van der Waals surface area contributed by atoms with Crippen molar-refractivity contribution < 1.29 is 9.53 Å². The summed E-state index contributed by atoms with van der Waals surface area (Å²) in [5, 5.41) is 0. The van der Waals surface area contributed by atoms with Crippen LogP contribution in [0.1, 0.15) is 93.0 Å². The molecular weight excluding hydrogens is 420 g/mol. The number of aryl methyl sites for hydroxylation is 3. The summed E-state index contributed by atoms with van der Waals surface area (Å²) in [7, 11) is 0. The van der Waals surface area contributed by atoms with Crippen LogP contribution in [0.3, 0.4) is 0 Å². The van der Waals surface area contributed by atoms with E-state index < -0.39 is 0 Å². The molecule has 1 aliphatic heterocycles. The number of nitrogens with two attached hydrogens (primary N) is 1. The second kappa shape index (κ2) is 10.0. The number of amides is 1. The van der Waals surface area contributed by atoms with Gasteiger partial charge in [-0.3, -0.25) is 4.79 Å². The molecule has 0 saturated heterocycles. The van der Waals surface area contributed by atoms with Gasteiger partial charge in [0.05, 0.1) is 12.0 Å². The molecule has 1 amide bonds. The molecule has 0 aromatic heterocycles. The highest BCUT2D eigenvalue weighted by atomic mass is 16.5. The van der Waals surface area contributed by atoms with Gasteiger partial charge < -0.3 is 15.4 Å². The van der Waals surface area contributed by atoms with Crippen molar-refractivity contribution in [2.24, 2.45) is 11.1 Å². The van der Waals surface area contributed by atoms with Gasteiger partial charge in [0, 0.05) is 18.8 Å². The molecule has 1 aliphatic carbocycles. The maximum absolute atomic E-state index is 12.4. The van der Waals surface area contributed by atoms with Crippen molar-refractivity contribution in [2.45, 2.75) is 98.1 Å². The largest absolute Gasteiger partial charge is 0.490 e. The molecule has 1 heterocycles. The lowest BCUT2D eigenvalue weighted by Crippen LogP contribution is -2.33. The predicted molar refractivity (Wildman–Crippen MR) is 141 cm³/mol. The Bertz CT molecular complexity index is 1010. The standard InChI is InChI=1S/C30H42N2O2/c1-20-16-24(17-21(2)27(20)28(29(31)33)30(3,4)5)32-15-9-10-22-18-26(14-13-23(22)19-32)34-25-11-7-6-8-12-25/h13-14,16-18,25,28H,6-12,15,19H2,1-5H3,(H2,31,33). The highest BCUT2D eigenvalue weighted by Gasteiger charge is 2.33. The summed E-state index contributed by atoms with van der Waals surface area (Å²) in [6.45, 7) is 12.4. The number of nitrogens with zero attached hydrogens (tertiary/aromatic N) is 1. The summed E-state index contributed by atoms with van der Waals surface area (Å²) < 4.78 is 6.34. The molecule has 2 aromatic rings. The Kier molecular flexibility index (Phi) is 7.25. The lowest BCUT2D eigenvalue weighted by molar-refractivity contribution is -0.121. The average Bonchev–Trinajstić information content (AvgIpc) is 2.98. The third kappa shape index (κ3) is 5.42. The lowest BCUT2D eigenvalue weighted by atomic mass is 9.73. The highest BCUT2D eigenvalue weighted by molar-refractivity contribution is 5.84. The Morgan fingerprint density at radius 2 is 1.68 bits per heavy atom. The SMILES string of the molecule is Cc1cc(N2CCCc3cc(OC4CCCCC4)ccc3C2)cc(C)c1C(C(N)=O)C(C)(C)C. The molecule has 4 heteroatoms. The lowest BCUT2D eigenvalue weighted by Gasteiger charge is -2.32. The third-order valence-corrected chi connectivity index (χ3v) is 7.65. The molecule has 184 valence electrons. The van der Waals surface area contributed by atoms with Gasteiger partial charge in [0.2, 0.25) is 5.91 Å². The second-order valence-corrected chi connectivity index (χ2v) is 11.5. The van der Waals surface area contributed by atoms with Crippen LogP contribution in [0.4, 0.5) is 5.69 Å². The minimum absolute atomic E-state index is 0.220. The van der Waals surface area contributed by atoms with E-state index >= 15 is 0 Å². The number of anilines is 1. The first kappa shape index (κ1) is 24.6. The summed E-state index contributed by atoms with van der Waals surface area (Å²) >= 11 is 0. The number of fused-ring (bicyclic) bond motifs is 1. The van der Waals surface area contributed by atoms with Gasteiger partial charge in [-0.25, -0.2) is 0 Å². The van der Waals surface area contributed by atoms with Crippen LogP contribution < -0.4 is 15.4 Å². The number of benzene rings is 2. The molecule has 2 N–H and O–H groups in total. The highest BCUT2D eigenvalue weighted by Crippen LogP contribution is 2.40. The van der Waals surface area contributed by atoms with Crippen LogP contribution in [0.25, 0.3) is 0 Å². The van der Waals surface area contributed by atoms with Gasteiger partial charge >= 0.3 is 0 Å². The van der Waals surface area contributed by atoms with E-state index in [1.807, 2.05) is 0 Å². The fourth-order valence-electron chi connectivity index (χ4n) is 6.00. The average molecular weight is 463 g/mol. The number of ether oxygens (including phenoxy) is 1. The van der Waals surface area contributed by atoms with E-state index in [-0.39, 0.29) is 17.2 Å². The van der Waals surface area contributed by atoms with Crippen molar-refractivity contribution in [3.05, 3.63) is 58.1 Å². The number of carbonyl (C=O) groups excluding carboxylic acids is 1. The normalized spacial score (nSPS) is 18.2. The molecule has 1 atom stereocenters. The van der Waals surface area contributed by atoms with Crippen molar-refractivity contribution in [1.29, 1.82) is 0 Å². The number of rotatable bonds is 5. The Hall–Kier alpha value is -2.49. The number of carbonyl (C=O) groups is 1. The first-order valence-corrected chi connectivity index (χ1v) is 13.1. The van der Waals surface area contributed by atoms with Gasteiger partial charge in [-0.2, -0.15) is 0 Å². The van der Waals surface area contributed by atoms with E-state index in [2.05, 4.69) is 69.9 Å². The predicted octanol–water partition coefficient (Wildman–Crippen LogP) is 6.58. The van der Waals surface area contributed by atoms with Crippen LogP contribution >= 0.6 is 0 Å². The minimum Gasteiger partial charge on any atom is -0.490 e. The molecule has 1 unspecified atom stereocenters. The van der Waals surface area contributed by atoms with Gasteiger partial charge in [0.1, 0.15) is 5.75 Å². The van der Waals surface area contributed by atoms with Gasteiger partial charge in [0.15, 0.2) is 0 Å². The Labute approximate surface area is 205 Å². The smallest absolute Gasteiger partial charge is 0.225 e. The number of hydrogen-bond donors (Lipinski definition) is 1. The molecule has 34 heavy (non-hydrogen) atoms. The molecule has 1 saturated carbocycles. The molecule has 0 spiro atoms. The van der Waals surface area contributed by atoms with Crippen LogP contribution in [0.2, 0.25) is 0 Å². The van der Waals surface area contributed by atoms with Crippen molar-refractivity contribution >= 4 is 11.6 Å². The number of hydrogen-bond acceptors (Lipinski definition) is 3.